The topological polar surface area (TPSA) is 86.9 Å². The zero-order valence-corrected chi connectivity index (χ0v) is 15.3. The third-order valence-electron chi connectivity index (χ3n) is 4.14. The van der Waals surface area contributed by atoms with Crippen LogP contribution in [-0.2, 0) is 5.41 Å². The number of halogens is 1. The number of carbonyl (C=O) groups excluding carboxylic acids is 1. The van der Waals surface area contributed by atoms with E-state index in [9.17, 15) is 9.59 Å². The molecule has 1 aromatic heterocycles. The Morgan fingerprint density at radius 2 is 2.00 bits per heavy atom. The van der Waals surface area contributed by atoms with Gasteiger partial charge >= 0.3 is 0 Å². The first-order valence-corrected chi connectivity index (χ1v) is 7.83. The van der Waals surface area contributed by atoms with E-state index in [-0.39, 0.29) is 40.9 Å². The number of H-pyrrole nitrogens is 1. The molecule has 0 spiro atoms. The molecule has 2 rings (SSSR count). The largest absolute Gasteiger partial charge is 0.349 e. The Morgan fingerprint density at radius 3 is 2.52 bits per heavy atom. The van der Waals surface area contributed by atoms with E-state index in [0.29, 0.717) is 17.4 Å². The number of aromatic amines is 1. The summed E-state index contributed by atoms with van der Waals surface area (Å²) in [5.41, 5.74) is -0.0225. The van der Waals surface area contributed by atoms with Gasteiger partial charge in [0.2, 0.25) is 0 Å². The number of amides is 1. The molecule has 0 aromatic carbocycles. The lowest BCUT2D eigenvalue weighted by Crippen LogP contribution is -2.49. The van der Waals surface area contributed by atoms with Crippen LogP contribution in [0.4, 0.5) is 0 Å². The first-order valence-electron chi connectivity index (χ1n) is 7.83. The molecule has 1 fully saturated rings. The van der Waals surface area contributed by atoms with Crippen LogP contribution >= 0.6 is 12.4 Å². The van der Waals surface area contributed by atoms with Gasteiger partial charge < -0.3 is 15.6 Å². The predicted molar refractivity (Wildman–Crippen MR) is 93.4 cm³/mol. The minimum absolute atomic E-state index is 0. The predicted octanol–water partition coefficient (Wildman–Crippen LogP) is 1.53. The van der Waals surface area contributed by atoms with Crippen LogP contribution < -0.4 is 16.2 Å². The summed E-state index contributed by atoms with van der Waals surface area (Å²) in [6.07, 6.45) is 0.872. The van der Waals surface area contributed by atoms with Gasteiger partial charge in [0.15, 0.2) is 0 Å². The lowest BCUT2D eigenvalue weighted by atomic mass is 9.94. The molecule has 3 N–H and O–H groups in total. The van der Waals surface area contributed by atoms with Crippen LogP contribution in [0.15, 0.2) is 4.79 Å². The highest BCUT2D eigenvalue weighted by atomic mass is 35.5. The molecule has 0 radical (unpaired) electrons. The van der Waals surface area contributed by atoms with Crippen molar-refractivity contribution < 1.29 is 4.79 Å². The van der Waals surface area contributed by atoms with E-state index in [0.717, 1.165) is 19.5 Å². The molecule has 0 bridgehead atoms. The van der Waals surface area contributed by atoms with Crippen molar-refractivity contribution in [2.75, 3.05) is 13.1 Å². The number of carbonyl (C=O) groups is 1. The average Bonchev–Trinajstić information content (AvgIpc) is 2.39. The second-order valence-corrected chi connectivity index (χ2v) is 7.17. The smallest absolute Gasteiger partial charge is 0.264 e. The normalized spacial score (nSPS) is 21.4. The Labute approximate surface area is 143 Å². The minimum Gasteiger partial charge on any atom is -0.349 e. The zero-order chi connectivity index (χ0) is 16.5. The summed E-state index contributed by atoms with van der Waals surface area (Å²) in [7, 11) is 0. The van der Waals surface area contributed by atoms with Crippen LogP contribution in [0.1, 0.15) is 56.0 Å². The van der Waals surface area contributed by atoms with E-state index in [1.807, 2.05) is 20.8 Å². The second-order valence-electron chi connectivity index (χ2n) is 7.17. The SMILES string of the molecule is Cc1nc(C(C)(C)C)[nH]c(=O)c1C(=O)NC1CCNCC1C.Cl. The van der Waals surface area contributed by atoms with Crippen molar-refractivity contribution in [2.24, 2.45) is 5.92 Å². The lowest BCUT2D eigenvalue weighted by molar-refractivity contribution is 0.0911. The van der Waals surface area contributed by atoms with Gasteiger partial charge in [-0.2, -0.15) is 0 Å². The molecular formula is C16H27ClN4O2. The average molecular weight is 343 g/mol. The maximum Gasteiger partial charge on any atom is 0.264 e. The monoisotopic (exact) mass is 342 g/mol. The summed E-state index contributed by atoms with van der Waals surface area (Å²) in [5, 5.41) is 6.28. The van der Waals surface area contributed by atoms with Crippen molar-refractivity contribution >= 4 is 18.3 Å². The molecule has 2 unspecified atom stereocenters. The van der Waals surface area contributed by atoms with Gasteiger partial charge in [-0.1, -0.05) is 27.7 Å². The van der Waals surface area contributed by atoms with Crippen LogP contribution in [0.25, 0.3) is 0 Å². The molecule has 2 heterocycles. The lowest BCUT2D eigenvalue weighted by Gasteiger charge is -2.30. The third kappa shape index (κ3) is 4.54. The van der Waals surface area contributed by atoms with E-state index < -0.39 is 0 Å². The van der Waals surface area contributed by atoms with Gasteiger partial charge in [0.05, 0.1) is 5.69 Å². The summed E-state index contributed by atoms with van der Waals surface area (Å²) in [5.74, 6) is 0.617. The van der Waals surface area contributed by atoms with E-state index in [1.165, 1.54) is 0 Å². The van der Waals surface area contributed by atoms with Crippen LogP contribution in [0.3, 0.4) is 0 Å². The Balaban J connectivity index is 0.00000264. The Kier molecular flexibility index (Phi) is 6.36. The maximum absolute atomic E-state index is 12.5. The van der Waals surface area contributed by atoms with Crippen LogP contribution in [0.5, 0.6) is 0 Å². The van der Waals surface area contributed by atoms with Gasteiger partial charge in [0.25, 0.3) is 11.5 Å². The molecule has 1 saturated heterocycles. The zero-order valence-electron chi connectivity index (χ0n) is 14.4. The highest BCUT2D eigenvalue weighted by Gasteiger charge is 2.26. The summed E-state index contributed by atoms with van der Waals surface area (Å²) >= 11 is 0. The molecule has 0 saturated carbocycles. The molecular weight excluding hydrogens is 316 g/mol. The number of nitrogens with zero attached hydrogens (tertiary/aromatic N) is 1. The molecule has 1 aliphatic rings. The van der Waals surface area contributed by atoms with Crippen molar-refractivity contribution in [1.29, 1.82) is 0 Å². The molecule has 6 nitrogen and oxygen atoms in total. The molecule has 1 amide bonds. The molecule has 0 aliphatic carbocycles. The quantitative estimate of drug-likeness (QED) is 0.760. The van der Waals surface area contributed by atoms with Gasteiger partial charge in [-0.05, 0) is 32.4 Å². The molecule has 1 aromatic rings. The fourth-order valence-electron chi connectivity index (χ4n) is 2.68. The van der Waals surface area contributed by atoms with E-state index in [4.69, 9.17) is 0 Å². The van der Waals surface area contributed by atoms with Crippen molar-refractivity contribution in [3.8, 4) is 0 Å². The van der Waals surface area contributed by atoms with Crippen LogP contribution in [-0.4, -0.2) is 35.0 Å². The van der Waals surface area contributed by atoms with Crippen LogP contribution in [0, 0.1) is 12.8 Å². The van der Waals surface area contributed by atoms with E-state index in [1.54, 1.807) is 6.92 Å². The van der Waals surface area contributed by atoms with Crippen molar-refractivity contribution in [2.45, 2.75) is 52.5 Å². The summed E-state index contributed by atoms with van der Waals surface area (Å²) in [4.78, 5) is 31.9. The number of piperidine rings is 1. The number of rotatable bonds is 2. The highest BCUT2D eigenvalue weighted by Crippen LogP contribution is 2.17. The molecule has 7 heteroatoms. The first kappa shape index (κ1) is 19.6. The maximum atomic E-state index is 12.5. The van der Waals surface area contributed by atoms with Crippen molar-refractivity contribution in [3.05, 3.63) is 27.4 Å². The Morgan fingerprint density at radius 1 is 1.35 bits per heavy atom. The summed E-state index contributed by atoms with van der Waals surface area (Å²) < 4.78 is 0. The number of hydrogen-bond donors (Lipinski definition) is 3. The standard InChI is InChI=1S/C16H26N4O2.ClH/c1-9-8-17-7-6-11(9)19-13(21)12-10(2)18-15(16(3,4)5)20-14(12)22;/h9,11,17H,6-8H2,1-5H3,(H,19,21)(H,18,20,22);1H. The fourth-order valence-corrected chi connectivity index (χ4v) is 2.68. The Bertz CT molecular complexity index is 621. The summed E-state index contributed by atoms with van der Waals surface area (Å²) in [6.45, 7) is 11.5. The van der Waals surface area contributed by atoms with Gasteiger partial charge in [-0.15, -0.1) is 12.4 Å². The second kappa shape index (κ2) is 7.45. The third-order valence-corrected chi connectivity index (χ3v) is 4.14. The molecule has 2 atom stereocenters. The Hall–Kier alpha value is -1.40. The first-order chi connectivity index (χ1) is 10.2. The number of aromatic nitrogens is 2. The molecule has 1 aliphatic heterocycles. The summed E-state index contributed by atoms with van der Waals surface area (Å²) in [6, 6.07) is 0.0924. The van der Waals surface area contributed by atoms with Crippen molar-refractivity contribution in [3.63, 3.8) is 0 Å². The van der Waals surface area contributed by atoms with Gasteiger partial charge in [-0.3, -0.25) is 9.59 Å². The number of nitrogens with one attached hydrogen (secondary N) is 3. The fraction of sp³-hybridized carbons (Fsp3) is 0.688. The minimum atomic E-state index is -0.364. The molecule has 130 valence electrons. The van der Waals surface area contributed by atoms with Gasteiger partial charge in [0.1, 0.15) is 11.4 Å². The molecule has 23 heavy (non-hydrogen) atoms. The number of aryl methyl sites for hydroxylation is 1. The van der Waals surface area contributed by atoms with Gasteiger partial charge in [-0.25, -0.2) is 4.98 Å². The van der Waals surface area contributed by atoms with Gasteiger partial charge in [0, 0.05) is 11.5 Å². The highest BCUT2D eigenvalue weighted by molar-refractivity contribution is 5.95. The number of hydrogen-bond acceptors (Lipinski definition) is 4. The van der Waals surface area contributed by atoms with Crippen molar-refractivity contribution in [1.82, 2.24) is 20.6 Å². The van der Waals surface area contributed by atoms with Crippen LogP contribution in [0.2, 0.25) is 0 Å². The van der Waals surface area contributed by atoms with E-state index >= 15 is 0 Å². The van der Waals surface area contributed by atoms with E-state index in [2.05, 4.69) is 27.5 Å².